The number of hydrogen-bond donors (Lipinski definition) is 1. The minimum absolute atomic E-state index is 0.347. The number of halogens is 3. The van der Waals surface area contributed by atoms with Gasteiger partial charge in [-0.05, 0) is 38.6 Å². The summed E-state index contributed by atoms with van der Waals surface area (Å²) in [6, 6.07) is 0. The quantitative estimate of drug-likeness (QED) is 0.841. The maximum absolute atomic E-state index is 12.7. The molecule has 1 heterocycles. The Morgan fingerprint density at radius 1 is 1.32 bits per heavy atom. The van der Waals surface area contributed by atoms with Crippen molar-refractivity contribution >= 4 is 0 Å². The maximum atomic E-state index is 12.7. The van der Waals surface area contributed by atoms with Gasteiger partial charge in [0.25, 0.3) is 0 Å². The number of methoxy groups -OCH3 is 1. The van der Waals surface area contributed by atoms with Crippen LogP contribution in [0.1, 0.15) is 32.6 Å². The highest BCUT2D eigenvalue weighted by Gasteiger charge is 2.50. The third kappa shape index (κ3) is 5.28. The highest BCUT2D eigenvalue weighted by Crippen LogP contribution is 2.31. The molecule has 0 aromatic heterocycles. The summed E-state index contributed by atoms with van der Waals surface area (Å²) in [5.74, 6) is 0.353. The van der Waals surface area contributed by atoms with Crippen LogP contribution in [0, 0.1) is 5.92 Å². The lowest BCUT2D eigenvalue weighted by atomic mass is 9.99. The summed E-state index contributed by atoms with van der Waals surface area (Å²) >= 11 is 0. The van der Waals surface area contributed by atoms with Gasteiger partial charge in [-0.3, -0.25) is 4.90 Å². The molecule has 1 fully saturated rings. The summed E-state index contributed by atoms with van der Waals surface area (Å²) in [6.07, 6.45) is -0.785. The predicted octanol–water partition coefficient (Wildman–Crippen LogP) is 2.44. The Morgan fingerprint density at radius 3 is 2.58 bits per heavy atom. The van der Waals surface area contributed by atoms with E-state index < -0.39 is 11.8 Å². The third-order valence-corrected chi connectivity index (χ3v) is 3.73. The highest BCUT2D eigenvalue weighted by molar-refractivity contribution is 4.86. The van der Waals surface area contributed by atoms with Crippen molar-refractivity contribution < 1.29 is 23.0 Å². The normalized spacial score (nSPS) is 25.9. The van der Waals surface area contributed by atoms with Gasteiger partial charge < -0.3 is 9.84 Å². The summed E-state index contributed by atoms with van der Waals surface area (Å²) in [5, 5.41) is 9.57. The van der Waals surface area contributed by atoms with Gasteiger partial charge in [0.1, 0.15) is 0 Å². The van der Waals surface area contributed by atoms with Crippen molar-refractivity contribution in [3.05, 3.63) is 0 Å². The molecule has 0 aromatic rings. The van der Waals surface area contributed by atoms with Crippen LogP contribution in [0.2, 0.25) is 0 Å². The van der Waals surface area contributed by atoms with E-state index in [0.29, 0.717) is 25.6 Å². The number of β-amino-alcohol motifs (C(OH)–C–C–N with tert-alkyl or cyclic N) is 1. The lowest BCUT2D eigenvalue weighted by Crippen LogP contribution is -2.52. The molecule has 0 aromatic carbocycles. The number of alkyl halides is 3. The van der Waals surface area contributed by atoms with Gasteiger partial charge in [0.15, 0.2) is 5.60 Å². The molecule has 2 unspecified atom stereocenters. The number of nitrogens with zero attached hydrogens (tertiary/aromatic N) is 1. The Hall–Kier alpha value is -0.330. The predicted molar refractivity (Wildman–Crippen MR) is 67.0 cm³/mol. The van der Waals surface area contributed by atoms with Gasteiger partial charge in [0, 0.05) is 26.8 Å². The molecule has 0 amide bonds. The molecule has 0 spiro atoms. The molecule has 0 bridgehead atoms. The lowest BCUT2D eigenvalue weighted by Gasteiger charge is -2.33. The Morgan fingerprint density at radius 2 is 2.00 bits per heavy atom. The molecular weight excluding hydrogens is 259 g/mol. The molecule has 2 atom stereocenters. The molecule has 1 aliphatic heterocycles. The molecule has 0 saturated carbocycles. The molecule has 0 radical (unpaired) electrons. The van der Waals surface area contributed by atoms with Crippen LogP contribution in [0.15, 0.2) is 0 Å². The first-order chi connectivity index (χ1) is 8.76. The van der Waals surface area contributed by atoms with Crippen molar-refractivity contribution in [2.45, 2.75) is 44.4 Å². The summed E-state index contributed by atoms with van der Waals surface area (Å²) in [6.45, 7) is 2.36. The van der Waals surface area contributed by atoms with E-state index in [0.717, 1.165) is 32.6 Å². The second-order valence-electron chi connectivity index (χ2n) is 5.65. The topological polar surface area (TPSA) is 32.7 Å². The van der Waals surface area contributed by atoms with Crippen molar-refractivity contribution in [1.82, 2.24) is 4.90 Å². The summed E-state index contributed by atoms with van der Waals surface area (Å²) < 4.78 is 43.1. The molecule has 3 nitrogen and oxygen atoms in total. The molecule has 1 N–H and O–H groups in total. The zero-order valence-electron chi connectivity index (χ0n) is 11.7. The van der Waals surface area contributed by atoms with Gasteiger partial charge >= 0.3 is 6.18 Å². The van der Waals surface area contributed by atoms with E-state index in [1.807, 2.05) is 0 Å². The van der Waals surface area contributed by atoms with Gasteiger partial charge in [-0.15, -0.1) is 0 Å². The minimum atomic E-state index is -4.58. The average molecular weight is 283 g/mol. The molecule has 1 rings (SSSR count). The van der Waals surface area contributed by atoms with E-state index in [-0.39, 0.29) is 6.54 Å². The van der Waals surface area contributed by atoms with Gasteiger partial charge in [-0.1, -0.05) is 6.42 Å². The Bertz CT molecular complexity index is 269. The van der Waals surface area contributed by atoms with Crippen LogP contribution in [0.3, 0.4) is 0 Å². The monoisotopic (exact) mass is 283 g/mol. The number of likely N-dealkylation sites (tertiary alicyclic amines) is 1. The number of rotatable bonds is 5. The summed E-state index contributed by atoms with van der Waals surface area (Å²) in [5.41, 5.74) is -2.64. The van der Waals surface area contributed by atoms with Crippen LogP contribution >= 0.6 is 0 Å². The van der Waals surface area contributed by atoms with Gasteiger partial charge in [-0.2, -0.15) is 13.2 Å². The fourth-order valence-electron chi connectivity index (χ4n) is 2.50. The SMILES string of the molecule is COCCC1CCCCN(CC(C)(O)C(F)(F)F)C1. The van der Waals surface area contributed by atoms with Crippen molar-refractivity contribution in [2.75, 3.05) is 33.4 Å². The van der Waals surface area contributed by atoms with Crippen LogP contribution in [-0.4, -0.2) is 55.1 Å². The van der Waals surface area contributed by atoms with Crippen LogP contribution in [-0.2, 0) is 4.74 Å². The Kier molecular flexibility index (Phi) is 6.08. The molecular formula is C13H24F3NO2. The fourth-order valence-corrected chi connectivity index (χ4v) is 2.50. The average Bonchev–Trinajstić information content (AvgIpc) is 2.49. The summed E-state index contributed by atoms with van der Waals surface area (Å²) in [7, 11) is 1.63. The molecule has 1 aliphatic rings. The minimum Gasteiger partial charge on any atom is -0.385 e. The Balaban J connectivity index is 2.56. The molecule has 0 aliphatic carbocycles. The fraction of sp³-hybridized carbons (Fsp3) is 1.00. The third-order valence-electron chi connectivity index (χ3n) is 3.73. The van der Waals surface area contributed by atoms with E-state index in [1.165, 1.54) is 0 Å². The van der Waals surface area contributed by atoms with Crippen molar-refractivity contribution in [1.29, 1.82) is 0 Å². The standard InChI is InChI=1S/C13H24F3NO2/c1-12(18,13(14,15)16)10-17-7-4-3-5-11(9-17)6-8-19-2/h11,18H,3-10H2,1-2H3. The van der Waals surface area contributed by atoms with Crippen LogP contribution in [0.5, 0.6) is 0 Å². The van der Waals surface area contributed by atoms with Crippen molar-refractivity contribution in [3.63, 3.8) is 0 Å². The Labute approximate surface area is 112 Å². The number of aliphatic hydroxyl groups is 1. The number of hydrogen-bond acceptors (Lipinski definition) is 3. The lowest BCUT2D eigenvalue weighted by molar-refractivity contribution is -0.257. The van der Waals surface area contributed by atoms with E-state index in [1.54, 1.807) is 12.0 Å². The maximum Gasteiger partial charge on any atom is 0.418 e. The van der Waals surface area contributed by atoms with E-state index in [4.69, 9.17) is 4.74 Å². The number of ether oxygens (including phenoxy) is 1. The second-order valence-corrected chi connectivity index (χ2v) is 5.65. The first-order valence-electron chi connectivity index (χ1n) is 6.76. The van der Waals surface area contributed by atoms with Gasteiger partial charge in [0.05, 0.1) is 0 Å². The largest absolute Gasteiger partial charge is 0.418 e. The first-order valence-corrected chi connectivity index (χ1v) is 6.76. The van der Waals surface area contributed by atoms with Crippen LogP contribution < -0.4 is 0 Å². The first kappa shape index (κ1) is 16.7. The van der Waals surface area contributed by atoms with Gasteiger partial charge in [0.2, 0.25) is 0 Å². The van der Waals surface area contributed by atoms with E-state index >= 15 is 0 Å². The summed E-state index contributed by atoms with van der Waals surface area (Å²) in [4.78, 5) is 1.74. The smallest absolute Gasteiger partial charge is 0.385 e. The molecule has 1 saturated heterocycles. The van der Waals surface area contributed by atoms with E-state index in [2.05, 4.69) is 0 Å². The molecule has 114 valence electrons. The molecule has 6 heteroatoms. The molecule has 19 heavy (non-hydrogen) atoms. The van der Waals surface area contributed by atoms with Crippen LogP contribution in [0.4, 0.5) is 13.2 Å². The van der Waals surface area contributed by atoms with Gasteiger partial charge in [-0.25, -0.2) is 0 Å². The van der Waals surface area contributed by atoms with Crippen LogP contribution in [0.25, 0.3) is 0 Å². The zero-order valence-corrected chi connectivity index (χ0v) is 11.7. The van der Waals surface area contributed by atoms with Crippen molar-refractivity contribution in [3.8, 4) is 0 Å². The van der Waals surface area contributed by atoms with E-state index in [9.17, 15) is 18.3 Å². The second kappa shape index (κ2) is 6.90. The zero-order chi connectivity index (χ0) is 14.5. The van der Waals surface area contributed by atoms with Crippen molar-refractivity contribution in [2.24, 2.45) is 5.92 Å². The highest BCUT2D eigenvalue weighted by atomic mass is 19.4.